The second kappa shape index (κ2) is 2.18. The van der Waals surface area contributed by atoms with Crippen LogP contribution >= 0.6 is 0 Å². The molecule has 0 aliphatic rings. The van der Waals surface area contributed by atoms with Gasteiger partial charge in [0.1, 0.15) is 0 Å². The van der Waals surface area contributed by atoms with E-state index >= 15 is 0 Å². The summed E-state index contributed by atoms with van der Waals surface area (Å²) in [5.74, 6) is 0. The summed E-state index contributed by atoms with van der Waals surface area (Å²) in [6, 6.07) is 0. The monoisotopic (exact) mass is 160 g/mol. The molecule has 0 aromatic rings. The second-order valence-electron chi connectivity index (χ2n) is 2.73. The van der Waals surface area contributed by atoms with Crippen molar-refractivity contribution in [2.75, 3.05) is 7.05 Å². The van der Waals surface area contributed by atoms with E-state index in [-0.39, 0.29) is 0 Å². The van der Waals surface area contributed by atoms with Crippen LogP contribution in [-0.4, -0.2) is 33.2 Å². The molecule has 0 unspecified atom stereocenters. The van der Waals surface area contributed by atoms with E-state index in [0.29, 0.717) is 5.54 Å². The summed E-state index contributed by atoms with van der Waals surface area (Å²) in [6.45, 7) is 6.56. The van der Waals surface area contributed by atoms with Gasteiger partial charge in [-0.2, -0.15) is 0 Å². The van der Waals surface area contributed by atoms with Crippen LogP contribution in [0.4, 0.5) is 0 Å². The Labute approximate surface area is 54.5 Å². The van der Waals surface area contributed by atoms with Crippen molar-refractivity contribution < 1.29 is 0 Å². The van der Waals surface area contributed by atoms with Crippen LogP contribution in [-0.2, 0) is 0 Å². The Bertz CT molecular complexity index is 53.6. The van der Waals surface area contributed by atoms with Gasteiger partial charge in [-0.05, 0) is 0 Å². The normalized spacial score (nSPS) is 12.9. The molecule has 0 bridgehead atoms. The first-order valence-electron chi connectivity index (χ1n) is 2.39. The van der Waals surface area contributed by atoms with Crippen molar-refractivity contribution in [2.45, 2.75) is 26.3 Å². The van der Waals surface area contributed by atoms with Crippen molar-refractivity contribution in [3.63, 3.8) is 0 Å². The SMILES string of the molecule is C[N]([Ge])C(C)(C)C. The second-order valence-corrected chi connectivity index (χ2v) is 4.14. The van der Waals surface area contributed by atoms with Gasteiger partial charge in [0.2, 0.25) is 0 Å². The fourth-order valence-electron chi connectivity index (χ4n) is 0. The molecule has 0 aromatic heterocycles. The predicted molar refractivity (Wildman–Crippen MR) is 33.3 cm³/mol. The summed E-state index contributed by atoms with van der Waals surface area (Å²) >= 11 is 2.08. The van der Waals surface area contributed by atoms with E-state index in [9.17, 15) is 0 Å². The quantitative estimate of drug-likeness (QED) is 0.472. The first-order chi connectivity index (χ1) is 2.94. The van der Waals surface area contributed by atoms with E-state index in [2.05, 4.69) is 48.4 Å². The fourth-order valence-corrected chi connectivity index (χ4v) is 0. The average Bonchev–Trinajstić information content (AvgIpc) is 1.31. The molecule has 0 aromatic carbocycles. The molecule has 0 N–H and O–H groups in total. The molecule has 0 heterocycles. The molecule has 1 nitrogen and oxygen atoms in total. The van der Waals surface area contributed by atoms with Crippen LogP contribution in [0.5, 0.6) is 0 Å². The van der Waals surface area contributed by atoms with Gasteiger partial charge in [-0.25, -0.2) is 0 Å². The van der Waals surface area contributed by atoms with E-state index in [4.69, 9.17) is 0 Å². The van der Waals surface area contributed by atoms with Gasteiger partial charge < -0.3 is 0 Å². The first-order valence-corrected chi connectivity index (χ1v) is 3.33. The fraction of sp³-hybridized carbons (Fsp3) is 1.00. The maximum absolute atomic E-state index is 2.19. The Kier molecular flexibility index (Phi) is 2.34. The van der Waals surface area contributed by atoms with Gasteiger partial charge in [-0.3, -0.25) is 0 Å². The third-order valence-corrected chi connectivity index (χ3v) is 2.41. The number of hydrogen-bond acceptors (Lipinski definition) is 1. The third-order valence-electron chi connectivity index (χ3n) is 1.01. The van der Waals surface area contributed by atoms with Crippen LogP contribution in [0, 0.1) is 0 Å². The van der Waals surface area contributed by atoms with Crippen LogP contribution in [0.3, 0.4) is 0 Å². The van der Waals surface area contributed by atoms with Crippen LogP contribution in [0.1, 0.15) is 20.8 Å². The Balaban J connectivity index is 3.54. The van der Waals surface area contributed by atoms with E-state index < -0.39 is 0 Å². The zero-order chi connectivity index (χ0) is 6.08. The molecule has 0 aliphatic carbocycles. The van der Waals surface area contributed by atoms with Crippen molar-refractivity contribution in [2.24, 2.45) is 0 Å². The van der Waals surface area contributed by atoms with Crippen molar-refractivity contribution in [3.05, 3.63) is 0 Å². The molecule has 0 rings (SSSR count). The molecular formula is C5H12GeN. The molecule has 2 heteroatoms. The minimum absolute atomic E-state index is 0.333. The number of nitrogens with zero attached hydrogens (tertiary/aromatic N) is 1. The standard InChI is InChI=1S/C5H12GeN/c1-5(2,3)7(4)6/h1-4H3. The molecule has 0 spiro atoms. The molecule has 0 aliphatic heterocycles. The molecule has 0 amide bonds. The van der Waals surface area contributed by atoms with Crippen LogP contribution in [0.25, 0.3) is 0 Å². The van der Waals surface area contributed by atoms with Crippen molar-refractivity contribution in [1.29, 1.82) is 0 Å². The molecular weight excluding hydrogens is 147 g/mol. The summed E-state index contributed by atoms with van der Waals surface area (Å²) in [4.78, 5) is 0. The van der Waals surface area contributed by atoms with Crippen LogP contribution < -0.4 is 0 Å². The summed E-state index contributed by atoms with van der Waals surface area (Å²) in [7, 11) is 2.08. The average molecular weight is 159 g/mol. The third kappa shape index (κ3) is 3.12. The number of hydrogen-bond donors (Lipinski definition) is 0. The molecule has 0 saturated heterocycles. The van der Waals surface area contributed by atoms with Gasteiger partial charge in [-0.1, -0.05) is 0 Å². The molecule has 41 valence electrons. The zero-order valence-corrected chi connectivity index (χ0v) is 7.55. The van der Waals surface area contributed by atoms with E-state index in [1.54, 1.807) is 0 Å². The summed E-state index contributed by atoms with van der Waals surface area (Å²) in [5.41, 5.74) is 0.333. The van der Waals surface area contributed by atoms with Gasteiger partial charge in [0.05, 0.1) is 0 Å². The Hall–Kier alpha value is 0.503. The summed E-state index contributed by atoms with van der Waals surface area (Å²) in [5, 5.41) is 0. The molecule has 3 radical (unpaired) electrons. The summed E-state index contributed by atoms with van der Waals surface area (Å²) in [6.07, 6.45) is 0. The van der Waals surface area contributed by atoms with Crippen LogP contribution in [0.15, 0.2) is 0 Å². The minimum atomic E-state index is 0.333. The van der Waals surface area contributed by atoms with Crippen molar-refractivity contribution in [3.8, 4) is 0 Å². The van der Waals surface area contributed by atoms with Gasteiger partial charge in [-0.15, -0.1) is 0 Å². The Morgan fingerprint density at radius 3 is 1.43 bits per heavy atom. The molecule has 0 atom stereocenters. The van der Waals surface area contributed by atoms with Crippen LogP contribution in [0.2, 0.25) is 0 Å². The zero-order valence-electron chi connectivity index (χ0n) is 5.45. The predicted octanol–water partition coefficient (Wildman–Crippen LogP) is 0.800. The molecule has 7 heavy (non-hydrogen) atoms. The van der Waals surface area contributed by atoms with Crippen molar-refractivity contribution in [1.82, 2.24) is 3.86 Å². The van der Waals surface area contributed by atoms with Gasteiger partial charge in [0.25, 0.3) is 0 Å². The van der Waals surface area contributed by atoms with Gasteiger partial charge in [0.15, 0.2) is 0 Å². The van der Waals surface area contributed by atoms with E-state index in [1.807, 2.05) is 0 Å². The Morgan fingerprint density at radius 2 is 1.43 bits per heavy atom. The van der Waals surface area contributed by atoms with E-state index in [1.165, 1.54) is 0 Å². The maximum atomic E-state index is 2.19. The topological polar surface area (TPSA) is 3.24 Å². The molecule has 0 saturated carbocycles. The van der Waals surface area contributed by atoms with Crippen molar-refractivity contribution >= 4 is 16.7 Å². The Morgan fingerprint density at radius 1 is 1.29 bits per heavy atom. The van der Waals surface area contributed by atoms with E-state index in [0.717, 1.165) is 0 Å². The first kappa shape index (κ1) is 7.50. The van der Waals surface area contributed by atoms with Gasteiger partial charge >= 0.3 is 54.0 Å². The molecule has 0 fully saturated rings. The summed E-state index contributed by atoms with van der Waals surface area (Å²) < 4.78 is 2.19. The number of rotatable bonds is 0. The van der Waals surface area contributed by atoms with Gasteiger partial charge in [0, 0.05) is 0 Å².